The van der Waals surface area contributed by atoms with E-state index in [1.165, 1.54) is 7.11 Å². The minimum atomic E-state index is -0.143. The largest absolute Gasteiger partial charge is 0.469 e. The summed E-state index contributed by atoms with van der Waals surface area (Å²) in [6, 6.07) is 8.21. The number of fused-ring (bicyclic) bond motifs is 1. The van der Waals surface area contributed by atoms with Gasteiger partial charge in [0.1, 0.15) is 0 Å². The first-order valence-corrected chi connectivity index (χ1v) is 5.15. The Balaban J connectivity index is 2.38. The summed E-state index contributed by atoms with van der Waals surface area (Å²) in [5.41, 5.74) is 2.09. The summed E-state index contributed by atoms with van der Waals surface area (Å²) in [5, 5.41) is 3.36. The lowest BCUT2D eigenvalue weighted by Crippen LogP contribution is -2.29. The van der Waals surface area contributed by atoms with Crippen molar-refractivity contribution in [1.29, 1.82) is 0 Å². The maximum absolute atomic E-state index is 11.6. The first-order chi connectivity index (χ1) is 7.22. The maximum Gasteiger partial charge on any atom is 0.313 e. The summed E-state index contributed by atoms with van der Waals surface area (Å²) in [5.74, 6) is -0.266. The third-order valence-corrected chi connectivity index (χ3v) is 2.81. The average molecular weight is 205 g/mol. The molecule has 0 aliphatic carbocycles. The minimum absolute atomic E-state index is 0.123. The van der Waals surface area contributed by atoms with Crippen molar-refractivity contribution in [2.45, 2.75) is 25.3 Å². The zero-order valence-corrected chi connectivity index (χ0v) is 8.99. The standard InChI is InChI=1S/C12H15NO2/c1-8-7-10(12(14)15-2)9-5-3-4-6-11(9)13-8/h3-6,8,10,13H,7H2,1-2H3/t8-,10-/m1/s1. The molecule has 1 heterocycles. The fraction of sp³-hybridized carbons (Fsp3) is 0.417. The molecule has 0 amide bonds. The Kier molecular flexibility index (Phi) is 2.62. The summed E-state index contributed by atoms with van der Waals surface area (Å²) in [6.45, 7) is 2.08. The molecule has 1 N–H and O–H groups in total. The van der Waals surface area contributed by atoms with Crippen LogP contribution in [0.25, 0.3) is 0 Å². The number of methoxy groups -OCH3 is 1. The van der Waals surface area contributed by atoms with E-state index in [-0.39, 0.29) is 11.9 Å². The molecular weight excluding hydrogens is 190 g/mol. The fourth-order valence-corrected chi connectivity index (χ4v) is 2.10. The van der Waals surface area contributed by atoms with Gasteiger partial charge < -0.3 is 10.1 Å². The van der Waals surface area contributed by atoms with Crippen LogP contribution in [-0.2, 0) is 9.53 Å². The lowest BCUT2D eigenvalue weighted by molar-refractivity contribution is -0.142. The van der Waals surface area contributed by atoms with Gasteiger partial charge in [0.25, 0.3) is 0 Å². The minimum Gasteiger partial charge on any atom is -0.469 e. The number of anilines is 1. The first kappa shape index (κ1) is 10.0. The quantitative estimate of drug-likeness (QED) is 0.714. The number of benzene rings is 1. The number of carbonyl (C=O) groups excluding carboxylic acids is 1. The number of nitrogens with one attached hydrogen (secondary N) is 1. The van der Waals surface area contributed by atoms with Gasteiger partial charge in [-0.3, -0.25) is 4.79 Å². The van der Waals surface area contributed by atoms with Gasteiger partial charge in [-0.1, -0.05) is 18.2 Å². The van der Waals surface area contributed by atoms with Crippen LogP contribution in [0.1, 0.15) is 24.8 Å². The zero-order chi connectivity index (χ0) is 10.8. The van der Waals surface area contributed by atoms with Gasteiger partial charge in [-0.15, -0.1) is 0 Å². The molecule has 3 nitrogen and oxygen atoms in total. The van der Waals surface area contributed by atoms with Crippen LogP contribution >= 0.6 is 0 Å². The normalized spacial score (nSPS) is 23.9. The van der Waals surface area contributed by atoms with Gasteiger partial charge in [-0.25, -0.2) is 0 Å². The number of para-hydroxylation sites is 1. The predicted molar refractivity (Wildman–Crippen MR) is 58.9 cm³/mol. The van der Waals surface area contributed by atoms with Crippen LogP contribution in [0.5, 0.6) is 0 Å². The molecule has 0 radical (unpaired) electrons. The summed E-state index contributed by atoms with van der Waals surface area (Å²) >= 11 is 0. The van der Waals surface area contributed by atoms with E-state index in [1.807, 2.05) is 24.3 Å². The highest BCUT2D eigenvalue weighted by Gasteiger charge is 2.29. The molecule has 2 atom stereocenters. The van der Waals surface area contributed by atoms with E-state index in [9.17, 15) is 4.79 Å². The summed E-state index contributed by atoms with van der Waals surface area (Å²) < 4.78 is 4.83. The molecule has 3 heteroatoms. The lowest BCUT2D eigenvalue weighted by Gasteiger charge is -2.29. The molecule has 0 fully saturated rings. The zero-order valence-electron chi connectivity index (χ0n) is 8.99. The summed E-state index contributed by atoms with van der Waals surface area (Å²) in [7, 11) is 1.44. The number of hydrogen-bond acceptors (Lipinski definition) is 3. The van der Waals surface area contributed by atoms with Gasteiger partial charge >= 0.3 is 5.97 Å². The van der Waals surface area contributed by atoms with E-state index >= 15 is 0 Å². The van der Waals surface area contributed by atoms with Crippen molar-refractivity contribution in [2.24, 2.45) is 0 Å². The number of carbonyl (C=O) groups is 1. The molecular formula is C12H15NO2. The molecule has 15 heavy (non-hydrogen) atoms. The number of esters is 1. The van der Waals surface area contributed by atoms with E-state index in [0.29, 0.717) is 6.04 Å². The molecule has 0 bridgehead atoms. The Labute approximate surface area is 89.4 Å². The summed E-state index contributed by atoms with van der Waals surface area (Å²) in [4.78, 5) is 11.6. The van der Waals surface area contributed by atoms with Crippen LogP contribution in [0.4, 0.5) is 5.69 Å². The second kappa shape index (κ2) is 3.93. The van der Waals surface area contributed by atoms with Gasteiger partial charge in [0.05, 0.1) is 13.0 Å². The molecule has 80 valence electrons. The first-order valence-electron chi connectivity index (χ1n) is 5.15. The molecule has 1 aromatic rings. The third kappa shape index (κ3) is 1.82. The maximum atomic E-state index is 11.6. The highest BCUT2D eigenvalue weighted by atomic mass is 16.5. The van der Waals surface area contributed by atoms with Crippen LogP contribution in [0.15, 0.2) is 24.3 Å². The van der Waals surface area contributed by atoms with Crippen LogP contribution in [0, 0.1) is 0 Å². The highest BCUT2D eigenvalue weighted by molar-refractivity contribution is 5.81. The molecule has 1 aromatic carbocycles. The van der Waals surface area contributed by atoms with Gasteiger partial charge in [-0.05, 0) is 25.0 Å². The Hall–Kier alpha value is -1.51. The van der Waals surface area contributed by atoms with Gasteiger partial charge in [0.15, 0.2) is 0 Å². The summed E-state index contributed by atoms with van der Waals surface area (Å²) in [6.07, 6.45) is 0.795. The Morgan fingerprint density at radius 1 is 1.47 bits per heavy atom. The lowest BCUT2D eigenvalue weighted by atomic mass is 9.87. The fourth-order valence-electron chi connectivity index (χ4n) is 2.10. The Morgan fingerprint density at radius 2 is 2.20 bits per heavy atom. The molecule has 0 saturated heterocycles. The monoisotopic (exact) mass is 205 g/mol. The van der Waals surface area contributed by atoms with Crippen LogP contribution in [0.3, 0.4) is 0 Å². The molecule has 0 unspecified atom stereocenters. The molecule has 0 spiro atoms. The van der Waals surface area contributed by atoms with Gasteiger partial charge in [-0.2, -0.15) is 0 Å². The number of ether oxygens (including phenoxy) is 1. The van der Waals surface area contributed by atoms with E-state index < -0.39 is 0 Å². The van der Waals surface area contributed by atoms with E-state index in [2.05, 4.69) is 12.2 Å². The predicted octanol–water partition coefficient (Wildman–Crippen LogP) is 2.15. The van der Waals surface area contributed by atoms with E-state index in [4.69, 9.17) is 4.74 Å². The smallest absolute Gasteiger partial charge is 0.313 e. The Bertz CT molecular complexity index is 376. The second-order valence-electron chi connectivity index (χ2n) is 3.94. The van der Waals surface area contributed by atoms with Crippen LogP contribution in [-0.4, -0.2) is 19.1 Å². The van der Waals surface area contributed by atoms with Crippen LogP contribution in [0.2, 0.25) is 0 Å². The molecule has 0 aromatic heterocycles. The third-order valence-electron chi connectivity index (χ3n) is 2.81. The van der Waals surface area contributed by atoms with Crippen molar-refractivity contribution in [2.75, 3.05) is 12.4 Å². The molecule has 2 rings (SSSR count). The topological polar surface area (TPSA) is 38.3 Å². The number of hydrogen-bond donors (Lipinski definition) is 1. The van der Waals surface area contributed by atoms with E-state index in [0.717, 1.165) is 17.7 Å². The second-order valence-corrected chi connectivity index (χ2v) is 3.94. The van der Waals surface area contributed by atoms with Gasteiger partial charge in [0.2, 0.25) is 0 Å². The van der Waals surface area contributed by atoms with Crippen molar-refractivity contribution in [3.05, 3.63) is 29.8 Å². The Morgan fingerprint density at radius 3 is 2.93 bits per heavy atom. The van der Waals surface area contributed by atoms with Crippen molar-refractivity contribution in [3.8, 4) is 0 Å². The number of rotatable bonds is 1. The highest BCUT2D eigenvalue weighted by Crippen LogP contribution is 2.34. The van der Waals surface area contributed by atoms with Crippen LogP contribution < -0.4 is 5.32 Å². The van der Waals surface area contributed by atoms with E-state index in [1.54, 1.807) is 0 Å². The molecule has 1 aliphatic heterocycles. The van der Waals surface area contributed by atoms with Crippen molar-refractivity contribution >= 4 is 11.7 Å². The van der Waals surface area contributed by atoms with Crippen molar-refractivity contribution < 1.29 is 9.53 Å². The molecule has 0 saturated carbocycles. The SMILES string of the molecule is COC(=O)[C@@H]1C[C@@H](C)Nc2ccccc21. The van der Waals surface area contributed by atoms with Gasteiger partial charge in [0, 0.05) is 11.7 Å². The molecule has 1 aliphatic rings. The average Bonchev–Trinajstić information content (AvgIpc) is 2.26. The van der Waals surface area contributed by atoms with Crippen molar-refractivity contribution in [3.63, 3.8) is 0 Å². The van der Waals surface area contributed by atoms with Crippen molar-refractivity contribution in [1.82, 2.24) is 0 Å².